The summed E-state index contributed by atoms with van der Waals surface area (Å²) in [6.07, 6.45) is 0.460. The zero-order valence-corrected chi connectivity index (χ0v) is 14.4. The average Bonchev–Trinajstić information content (AvgIpc) is 3.02. The standard InChI is InChI=1S/C15H21FN4O3S/c1-8(2)5-17-6-9-3-10-11(18-9)4-12(21)15(14(10)16)20-7-13(22)19-24(20)23/h4,8-9,17-18,21H,3,5-7H2,1-2H3,(H,19,22). The van der Waals surface area contributed by atoms with E-state index in [0.717, 1.165) is 10.8 Å². The van der Waals surface area contributed by atoms with Gasteiger partial charge in [-0.25, -0.2) is 8.60 Å². The van der Waals surface area contributed by atoms with Crippen LogP contribution in [0.2, 0.25) is 0 Å². The maximum absolute atomic E-state index is 14.9. The van der Waals surface area contributed by atoms with Crippen LogP contribution in [0.5, 0.6) is 5.75 Å². The molecule has 2 unspecified atom stereocenters. The molecule has 2 heterocycles. The van der Waals surface area contributed by atoms with E-state index in [1.807, 2.05) is 0 Å². The lowest BCUT2D eigenvalue weighted by molar-refractivity contribution is -0.117. The van der Waals surface area contributed by atoms with Gasteiger partial charge < -0.3 is 15.7 Å². The quantitative estimate of drug-likeness (QED) is 0.621. The molecule has 1 aromatic carbocycles. The Bertz CT molecular complexity index is 698. The number of halogens is 1. The Balaban J connectivity index is 1.80. The molecule has 0 aliphatic carbocycles. The average molecular weight is 356 g/mol. The van der Waals surface area contributed by atoms with Gasteiger partial charge in [0.05, 0.1) is 0 Å². The van der Waals surface area contributed by atoms with Crippen molar-refractivity contribution in [3.8, 4) is 5.75 Å². The molecule has 2 aliphatic heterocycles. The fraction of sp³-hybridized carbons (Fsp3) is 0.533. The van der Waals surface area contributed by atoms with Crippen LogP contribution in [0.4, 0.5) is 15.8 Å². The predicted molar refractivity (Wildman–Crippen MR) is 90.5 cm³/mol. The first kappa shape index (κ1) is 17.0. The molecule has 132 valence electrons. The van der Waals surface area contributed by atoms with Gasteiger partial charge in [0.1, 0.15) is 18.0 Å². The van der Waals surface area contributed by atoms with E-state index >= 15 is 0 Å². The predicted octanol–water partition coefficient (Wildman–Crippen LogP) is 0.628. The first-order valence-electron chi connectivity index (χ1n) is 7.87. The van der Waals surface area contributed by atoms with Gasteiger partial charge in [0.15, 0.2) is 5.82 Å². The number of anilines is 2. The van der Waals surface area contributed by atoms with E-state index < -0.39 is 22.9 Å². The fourth-order valence-corrected chi connectivity index (χ4v) is 3.90. The van der Waals surface area contributed by atoms with Crippen molar-refractivity contribution in [2.75, 3.05) is 29.3 Å². The van der Waals surface area contributed by atoms with Crippen molar-refractivity contribution in [2.24, 2.45) is 5.92 Å². The summed E-state index contributed by atoms with van der Waals surface area (Å²) in [7, 11) is 0. The second-order valence-corrected chi connectivity index (χ2v) is 7.64. The Morgan fingerprint density at radius 1 is 1.54 bits per heavy atom. The van der Waals surface area contributed by atoms with Crippen molar-refractivity contribution in [1.29, 1.82) is 0 Å². The van der Waals surface area contributed by atoms with Crippen molar-refractivity contribution in [3.05, 3.63) is 17.4 Å². The number of fused-ring (bicyclic) bond motifs is 1. The largest absolute Gasteiger partial charge is 0.506 e. The molecule has 0 spiro atoms. The third-order valence-corrected chi connectivity index (χ3v) is 5.13. The van der Waals surface area contributed by atoms with Crippen molar-refractivity contribution < 1.29 is 18.5 Å². The molecular formula is C15H21FN4O3S. The van der Waals surface area contributed by atoms with Crippen LogP contribution in [0.25, 0.3) is 0 Å². The minimum absolute atomic E-state index is 0.0201. The highest BCUT2D eigenvalue weighted by atomic mass is 32.2. The number of benzene rings is 1. The summed E-state index contributed by atoms with van der Waals surface area (Å²) in [5, 5.41) is 16.6. The molecule has 0 radical (unpaired) electrons. The zero-order valence-electron chi connectivity index (χ0n) is 13.6. The minimum atomic E-state index is -1.88. The lowest BCUT2D eigenvalue weighted by Gasteiger charge is -2.17. The molecular weight excluding hydrogens is 335 g/mol. The second kappa shape index (κ2) is 6.56. The monoisotopic (exact) mass is 356 g/mol. The van der Waals surface area contributed by atoms with Crippen LogP contribution in [-0.4, -0.2) is 40.9 Å². The van der Waals surface area contributed by atoms with Crippen molar-refractivity contribution >= 4 is 28.5 Å². The van der Waals surface area contributed by atoms with Crippen molar-refractivity contribution in [1.82, 2.24) is 10.0 Å². The summed E-state index contributed by atoms with van der Waals surface area (Å²) in [5.74, 6) is -0.911. The first-order chi connectivity index (χ1) is 11.4. The number of carbonyl (C=O) groups is 1. The molecule has 9 heteroatoms. The number of nitrogens with zero attached hydrogens (tertiary/aromatic N) is 1. The third-order valence-electron chi connectivity index (χ3n) is 4.01. The van der Waals surface area contributed by atoms with Crippen molar-refractivity contribution in [2.45, 2.75) is 26.3 Å². The van der Waals surface area contributed by atoms with Gasteiger partial charge in [0, 0.05) is 29.9 Å². The van der Waals surface area contributed by atoms with Gasteiger partial charge in [0.25, 0.3) is 5.91 Å². The van der Waals surface area contributed by atoms with E-state index in [0.29, 0.717) is 30.1 Å². The van der Waals surface area contributed by atoms with Gasteiger partial charge >= 0.3 is 0 Å². The van der Waals surface area contributed by atoms with E-state index in [9.17, 15) is 18.5 Å². The van der Waals surface area contributed by atoms with E-state index in [1.165, 1.54) is 6.07 Å². The number of nitrogens with one attached hydrogen (secondary N) is 3. The molecule has 0 saturated carbocycles. The summed E-state index contributed by atoms with van der Waals surface area (Å²) in [4.78, 5) is 11.3. The zero-order chi connectivity index (χ0) is 17.4. The van der Waals surface area contributed by atoms with Crippen LogP contribution in [0.1, 0.15) is 19.4 Å². The number of hydrogen-bond acceptors (Lipinski definition) is 5. The lowest BCUT2D eigenvalue weighted by atomic mass is 10.1. The normalized spacial score (nSPS) is 22.7. The molecule has 1 fully saturated rings. The van der Waals surface area contributed by atoms with Crippen LogP contribution in [0, 0.1) is 11.7 Å². The number of aromatic hydroxyl groups is 1. The maximum atomic E-state index is 14.9. The van der Waals surface area contributed by atoms with E-state index in [-0.39, 0.29) is 24.0 Å². The molecule has 0 bridgehead atoms. The maximum Gasteiger partial charge on any atom is 0.253 e. The van der Waals surface area contributed by atoms with Gasteiger partial charge in [-0.3, -0.25) is 13.8 Å². The van der Waals surface area contributed by atoms with Crippen LogP contribution in [-0.2, 0) is 22.4 Å². The summed E-state index contributed by atoms with van der Waals surface area (Å²) in [6, 6.07) is 1.45. The van der Waals surface area contributed by atoms with Crippen LogP contribution in [0.15, 0.2) is 6.07 Å². The van der Waals surface area contributed by atoms with E-state index in [2.05, 4.69) is 29.2 Å². The van der Waals surface area contributed by atoms with Crippen LogP contribution >= 0.6 is 0 Å². The number of hydrogen-bond donors (Lipinski definition) is 4. The Hall–Kier alpha value is -1.87. The summed E-state index contributed by atoms with van der Waals surface area (Å²) >= 11 is -1.88. The molecule has 7 nitrogen and oxygen atoms in total. The highest BCUT2D eigenvalue weighted by molar-refractivity contribution is 7.85. The second-order valence-electron chi connectivity index (χ2n) is 6.49. The molecule has 1 aromatic rings. The lowest BCUT2D eigenvalue weighted by Crippen LogP contribution is -2.33. The van der Waals surface area contributed by atoms with Crippen molar-refractivity contribution in [3.63, 3.8) is 0 Å². The number of rotatable bonds is 5. The molecule has 3 rings (SSSR count). The summed E-state index contributed by atoms with van der Waals surface area (Å²) in [5.41, 5.74) is 0.785. The van der Waals surface area contributed by atoms with E-state index in [4.69, 9.17) is 0 Å². The van der Waals surface area contributed by atoms with Gasteiger partial charge in [0.2, 0.25) is 11.2 Å². The molecule has 1 saturated heterocycles. The van der Waals surface area contributed by atoms with Gasteiger partial charge in [-0.2, -0.15) is 0 Å². The van der Waals surface area contributed by atoms with E-state index in [1.54, 1.807) is 0 Å². The smallest absolute Gasteiger partial charge is 0.253 e. The molecule has 1 amide bonds. The highest BCUT2D eigenvalue weighted by Crippen LogP contribution is 2.41. The Morgan fingerprint density at radius 2 is 2.29 bits per heavy atom. The number of phenols is 1. The SMILES string of the molecule is CC(C)CNCC1Cc2c(cc(O)c(N3CC(=O)NS3=O)c2F)N1. The number of amides is 1. The molecule has 2 atom stereocenters. The summed E-state index contributed by atoms with van der Waals surface area (Å²) < 4.78 is 30.0. The first-order valence-corrected chi connectivity index (χ1v) is 8.98. The number of phenolic OH excluding ortho intramolecular Hbond substituents is 1. The van der Waals surface area contributed by atoms with Gasteiger partial charge in [-0.15, -0.1) is 0 Å². The highest BCUT2D eigenvalue weighted by Gasteiger charge is 2.35. The molecule has 0 aromatic heterocycles. The van der Waals surface area contributed by atoms with Gasteiger partial charge in [-0.05, 0) is 18.9 Å². The molecule has 2 aliphatic rings. The minimum Gasteiger partial charge on any atom is -0.506 e. The van der Waals surface area contributed by atoms with Gasteiger partial charge in [-0.1, -0.05) is 13.8 Å². The van der Waals surface area contributed by atoms with Crippen LogP contribution in [0.3, 0.4) is 0 Å². The third kappa shape index (κ3) is 3.18. The van der Waals surface area contributed by atoms with Crippen LogP contribution < -0.4 is 19.7 Å². The Morgan fingerprint density at radius 3 is 2.92 bits per heavy atom. The summed E-state index contributed by atoms with van der Waals surface area (Å²) in [6.45, 7) is 5.52. The molecule has 4 N–H and O–H groups in total. The fourth-order valence-electron chi connectivity index (χ4n) is 2.95. The topological polar surface area (TPSA) is 93.7 Å². The number of carbonyl (C=O) groups excluding carboxylic acids is 1. The Labute approximate surface area is 142 Å². The Kier molecular flexibility index (Phi) is 4.64. The molecule has 24 heavy (non-hydrogen) atoms.